The second kappa shape index (κ2) is 10.6. The molecule has 10 heteroatoms. The molecule has 1 heterocycles. The van der Waals surface area contributed by atoms with Gasteiger partial charge in [-0.05, 0) is 51.0 Å². The number of rotatable bonds is 9. The Bertz CT molecular complexity index is 1200. The van der Waals surface area contributed by atoms with E-state index in [2.05, 4.69) is 5.32 Å². The van der Waals surface area contributed by atoms with Gasteiger partial charge < -0.3 is 10.2 Å². The molecular weight excluding hydrogens is 478 g/mol. The molecule has 0 aromatic heterocycles. The Morgan fingerprint density at radius 1 is 1.06 bits per heavy atom. The normalized spacial score (nSPS) is 15.2. The molecule has 0 aliphatic carbocycles. The summed E-state index contributed by atoms with van der Waals surface area (Å²) in [7, 11) is -3.93. The van der Waals surface area contributed by atoms with E-state index < -0.39 is 22.0 Å². The molecule has 0 radical (unpaired) electrons. The van der Waals surface area contributed by atoms with Crippen LogP contribution in [-0.4, -0.2) is 54.0 Å². The van der Waals surface area contributed by atoms with Crippen molar-refractivity contribution in [3.05, 3.63) is 64.7 Å². The summed E-state index contributed by atoms with van der Waals surface area (Å²) in [6.45, 7) is 5.29. The van der Waals surface area contributed by atoms with Crippen LogP contribution in [0.15, 0.2) is 53.4 Å². The number of carbonyl (C=O) groups is 3. The minimum atomic E-state index is -3.93. The highest BCUT2D eigenvalue weighted by atomic mass is 35.5. The van der Waals surface area contributed by atoms with E-state index >= 15 is 0 Å². The maximum absolute atomic E-state index is 13.2. The van der Waals surface area contributed by atoms with Crippen molar-refractivity contribution in [3.63, 3.8) is 0 Å². The van der Waals surface area contributed by atoms with Crippen molar-refractivity contribution in [2.75, 3.05) is 6.54 Å². The first-order chi connectivity index (χ1) is 16.0. The van der Waals surface area contributed by atoms with Gasteiger partial charge in [0, 0.05) is 30.6 Å². The predicted octanol–water partition coefficient (Wildman–Crippen LogP) is 3.21. The highest BCUT2D eigenvalue weighted by Crippen LogP contribution is 2.30. The van der Waals surface area contributed by atoms with Crippen LogP contribution in [0.5, 0.6) is 0 Å². The van der Waals surface area contributed by atoms with Crippen LogP contribution in [0.4, 0.5) is 0 Å². The zero-order valence-electron chi connectivity index (χ0n) is 19.3. The fourth-order valence-electron chi connectivity index (χ4n) is 3.77. The summed E-state index contributed by atoms with van der Waals surface area (Å²) in [4.78, 5) is 39.8. The monoisotopic (exact) mass is 505 g/mol. The number of hydrogen-bond donors (Lipinski definition) is 1. The first-order valence-electron chi connectivity index (χ1n) is 11.0. The lowest BCUT2D eigenvalue weighted by Gasteiger charge is -2.30. The van der Waals surface area contributed by atoms with Gasteiger partial charge in [0.2, 0.25) is 11.8 Å². The van der Waals surface area contributed by atoms with Gasteiger partial charge in [-0.25, -0.2) is 12.7 Å². The van der Waals surface area contributed by atoms with Gasteiger partial charge in [-0.3, -0.25) is 14.4 Å². The fourth-order valence-corrected chi connectivity index (χ4v) is 5.57. The summed E-state index contributed by atoms with van der Waals surface area (Å²) >= 11 is 6.27. The number of nitrogens with one attached hydrogen (secondary N) is 1. The Kier molecular flexibility index (Phi) is 7.99. The van der Waals surface area contributed by atoms with Crippen LogP contribution in [0.25, 0.3) is 0 Å². The fraction of sp³-hybridized carbons (Fsp3) is 0.375. The van der Waals surface area contributed by atoms with Gasteiger partial charge in [0.15, 0.2) is 0 Å². The average Bonchev–Trinajstić information content (AvgIpc) is 2.98. The Balaban J connectivity index is 1.72. The van der Waals surface area contributed by atoms with Gasteiger partial charge in [-0.1, -0.05) is 41.9 Å². The average molecular weight is 506 g/mol. The highest BCUT2D eigenvalue weighted by Gasteiger charge is 2.40. The standard InChI is InChI=1S/C24H28ClN3O5S/c1-16(2)26-23(30)17(3)27(15-18-9-4-6-11-20(18)25)22(29)13-8-14-28-24(31)19-10-5-7-12-21(19)34(28,32)33/h4-7,9-12,16-17H,8,13-15H2,1-3H3,(H,26,30)/t17-/m0/s1. The molecule has 0 spiro atoms. The van der Waals surface area contributed by atoms with Gasteiger partial charge in [0.05, 0.1) is 5.56 Å². The largest absolute Gasteiger partial charge is 0.352 e. The third-order valence-electron chi connectivity index (χ3n) is 5.56. The zero-order valence-corrected chi connectivity index (χ0v) is 20.9. The van der Waals surface area contributed by atoms with Crippen LogP contribution in [0.2, 0.25) is 5.02 Å². The Labute approximate surface area is 204 Å². The van der Waals surface area contributed by atoms with E-state index in [0.29, 0.717) is 10.6 Å². The third kappa shape index (κ3) is 5.42. The molecule has 2 aromatic carbocycles. The van der Waals surface area contributed by atoms with Crippen LogP contribution in [0.1, 0.15) is 49.5 Å². The predicted molar refractivity (Wildman–Crippen MR) is 129 cm³/mol. The summed E-state index contributed by atoms with van der Waals surface area (Å²) in [5.41, 5.74) is 0.822. The second-order valence-corrected chi connectivity index (χ2v) is 10.7. The molecule has 1 aliphatic rings. The van der Waals surface area contributed by atoms with Gasteiger partial charge in [0.1, 0.15) is 10.9 Å². The Morgan fingerprint density at radius 2 is 1.71 bits per heavy atom. The summed E-state index contributed by atoms with van der Waals surface area (Å²) in [5, 5.41) is 3.28. The van der Waals surface area contributed by atoms with Crippen molar-refractivity contribution >= 4 is 39.3 Å². The molecule has 3 rings (SSSR count). The third-order valence-corrected chi connectivity index (χ3v) is 7.77. The number of hydrogen-bond acceptors (Lipinski definition) is 5. The van der Waals surface area contributed by atoms with E-state index in [0.717, 1.165) is 4.31 Å². The van der Waals surface area contributed by atoms with E-state index in [1.165, 1.54) is 17.0 Å². The number of amides is 3. The number of halogens is 1. The maximum Gasteiger partial charge on any atom is 0.269 e. The highest BCUT2D eigenvalue weighted by molar-refractivity contribution is 7.90. The lowest BCUT2D eigenvalue weighted by atomic mass is 10.1. The lowest BCUT2D eigenvalue weighted by Crippen LogP contribution is -2.49. The second-order valence-electron chi connectivity index (χ2n) is 8.43. The molecule has 1 atom stereocenters. The van der Waals surface area contributed by atoms with Crippen molar-refractivity contribution in [3.8, 4) is 0 Å². The first-order valence-corrected chi connectivity index (χ1v) is 12.8. The summed E-state index contributed by atoms with van der Waals surface area (Å²) in [6, 6.07) is 12.2. The van der Waals surface area contributed by atoms with E-state index in [-0.39, 0.29) is 54.2 Å². The molecule has 2 aromatic rings. The summed E-state index contributed by atoms with van der Waals surface area (Å²) < 4.78 is 26.3. The molecule has 182 valence electrons. The van der Waals surface area contributed by atoms with Crippen LogP contribution in [0.3, 0.4) is 0 Å². The van der Waals surface area contributed by atoms with Crippen molar-refractivity contribution in [2.45, 2.75) is 57.1 Å². The van der Waals surface area contributed by atoms with E-state index in [4.69, 9.17) is 11.6 Å². The van der Waals surface area contributed by atoms with Crippen molar-refractivity contribution < 1.29 is 22.8 Å². The molecule has 0 saturated heterocycles. The number of benzene rings is 2. The molecular formula is C24H28ClN3O5S. The molecule has 0 unspecified atom stereocenters. The molecule has 34 heavy (non-hydrogen) atoms. The van der Waals surface area contributed by atoms with E-state index in [1.54, 1.807) is 43.3 Å². The molecule has 1 N–H and O–H groups in total. The van der Waals surface area contributed by atoms with Crippen molar-refractivity contribution in [1.82, 2.24) is 14.5 Å². The molecule has 3 amide bonds. The zero-order chi connectivity index (χ0) is 25.0. The number of carbonyl (C=O) groups excluding carboxylic acids is 3. The van der Waals surface area contributed by atoms with Gasteiger partial charge in [-0.15, -0.1) is 0 Å². The number of nitrogens with zero attached hydrogens (tertiary/aromatic N) is 2. The quantitative estimate of drug-likeness (QED) is 0.563. The van der Waals surface area contributed by atoms with Gasteiger partial charge >= 0.3 is 0 Å². The van der Waals surface area contributed by atoms with Crippen LogP contribution in [0, 0.1) is 0 Å². The first kappa shape index (κ1) is 25.7. The van der Waals surface area contributed by atoms with Crippen molar-refractivity contribution in [2.24, 2.45) is 0 Å². The van der Waals surface area contributed by atoms with Crippen LogP contribution < -0.4 is 5.32 Å². The lowest BCUT2D eigenvalue weighted by molar-refractivity contribution is -0.140. The van der Waals surface area contributed by atoms with E-state index in [9.17, 15) is 22.8 Å². The molecule has 0 bridgehead atoms. The minimum absolute atomic E-state index is 0.0225. The number of fused-ring (bicyclic) bond motifs is 1. The SMILES string of the molecule is CC(C)NC(=O)[C@H](C)N(Cc1ccccc1Cl)C(=O)CCCN1C(=O)c2ccccc2S1(=O)=O. The van der Waals surface area contributed by atoms with Crippen LogP contribution >= 0.6 is 11.6 Å². The van der Waals surface area contributed by atoms with E-state index in [1.807, 2.05) is 13.8 Å². The van der Waals surface area contributed by atoms with Crippen molar-refractivity contribution in [1.29, 1.82) is 0 Å². The minimum Gasteiger partial charge on any atom is -0.352 e. The van der Waals surface area contributed by atoms with Crippen LogP contribution in [-0.2, 0) is 26.2 Å². The van der Waals surface area contributed by atoms with Gasteiger partial charge in [0.25, 0.3) is 15.9 Å². The molecule has 8 nitrogen and oxygen atoms in total. The Morgan fingerprint density at radius 3 is 2.35 bits per heavy atom. The molecule has 1 aliphatic heterocycles. The number of sulfonamides is 1. The van der Waals surface area contributed by atoms with Gasteiger partial charge in [-0.2, -0.15) is 0 Å². The Hall–Kier alpha value is -2.91. The maximum atomic E-state index is 13.2. The molecule has 0 saturated carbocycles. The topological polar surface area (TPSA) is 104 Å². The molecule has 0 fully saturated rings. The smallest absolute Gasteiger partial charge is 0.269 e. The summed E-state index contributed by atoms with van der Waals surface area (Å²) in [5.74, 6) is -1.24. The summed E-state index contributed by atoms with van der Waals surface area (Å²) in [6.07, 6.45) is 0.0781.